The molecular weight excluding hydrogens is 340 g/mol. The zero-order chi connectivity index (χ0) is 18.6. The predicted molar refractivity (Wildman–Crippen MR) is 103 cm³/mol. The van der Waals surface area contributed by atoms with E-state index in [1.54, 1.807) is 0 Å². The van der Waals surface area contributed by atoms with Gasteiger partial charge in [-0.05, 0) is 43.7 Å². The van der Waals surface area contributed by atoms with Crippen molar-refractivity contribution in [2.45, 2.75) is 25.9 Å². The van der Waals surface area contributed by atoms with Crippen LogP contribution in [0, 0.1) is 0 Å². The first-order valence-corrected chi connectivity index (χ1v) is 9.31. The zero-order valence-corrected chi connectivity index (χ0v) is 15.5. The van der Waals surface area contributed by atoms with E-state index in [1.807, 2.05) is 58.2 Å². The minimum Gasteiger partial charge on any atom is -0.350 e. The molecule has 27 heavy (non-hydrogen) atoms. The quantitative estimate of drug-likeness (QED) is 0.751. The lowest BCUT2D eigenvalue weighted by Gasteiger charge is -2.10. The van der Waals surface area contributed by atoms with Crippen molar-refractivity contribution in [1.82, 2.24) is 29.8 Å². The molecular formula is C20H24N6O. The van der Waals surface area contributed by atoms with E-state index >= 15 is 0 Å². The van der Waals surface area contributed by atoms with Gasteiger partial charge in [-0.3, -0.25) is 9.48 Å². The molecule has 0 fully saturated rings. The molecule has 1 N–H and O–H groups in total. The number of hydrogen-bond donors (Lipinski definition) is 1. The van der Waals surface area contributed by atoms with Crippen molar-refractivity contribution in [2.24, 2.45) is 0 Å². The first kappa shape index (κ1) is 17.5. The standard InChI is InChI=1S/C20H24N6O/c1-24-10-5-11-25-18(15-24)12-19(23-25)20(27)21-9-8-16-13-22-26(14-16)17-6-3-2-4-7-17/h2-4,6-7,12-14H,5,8-11,15H2,1H3,(H,21,27). The number of nitrogens with zero attached hydrogens (tertiary/aromatic N) is 5. The topological polar surface area (TPSA) is 68.0 Å². The van der Waals surface area contributed by atoms with Crippen molar-refractivity contribution in [1.29, 1.82) is 0 Å². The maximum atomic E-state index is 12.4. The predicted octanol–water partition coefficient (Wildman–Crippen LogP) is 1.88. The van der Waals surface area contributed by atoms with Crippen molar-refractivity contribution in [3.05, 3.63) is 65.7 Å². The second kappa shape index (κ2) is 7.75. The molecule has 7 heteroatoms. The van der Waals surface area contributed by atoms with Crippen LogP contribution in [0.25, 0.3) is 5.69 Å². The number of carbonyl (C=O) groups excluding carboxylic acids is 1. The molecule has 0 unspecified atom stereocenters. The Morgan fingerprint density at radius 1 is 1.22 bits per heavy atom. The lowest BCUT2D eigenvalue weighted by Crippen LogP contribution is -2.26. The molecule has 4 rings (SSSR count). The van der Waals surface area contributed by atoms with Gasteiger partial charge in [-0.25, -0.2) is 4.68 Å². The lowest BCUT2D eigenvalue weighted by atomic mass is 10.2. The summed E-state index contributed by atoms with van der Waals surface area (Å²) in [5.41, 5.74) is 3.71. The van der Waals surface area contributed by atoms with Gasteiger partial charge in [0, 0.05) is 32.4 Å². The van der Waals surface area contributed by atoms with Gasteiger partial charge in [-0.2, -0.15) is 10.2 Å². The molecule has 3 heterocycles. The van der Waals surface area contributed by atoms with Gasteiger partial charge in [-0.15, -0.1) is 0 Å². The van der Waals surface area contributed by atoms with E-state index in [0.29, 0.717) is 12.2 Å². The van der Waals surface area contributed by atoms with Gasteiger partial charge in [0.15, 0.2) is 0 Å². The van der Waals surface area contributed by atoms with Crippen LogP contribution in [0.15, 0.2) is 48.8 Å². The first-order chi connectivity index (χ1) is 13.2. The van der Waals surface area contributed by atoms with E-state index in [-0.39, 0.29) is 5.91 Å². The van der Waals surface area contributed by atoms with Gasteiger partial charge in [0.25, 0.3) is 5.91 Å². The Morgan fingerprint density at radius 2 is 2.07 bits per heavy atom. The zero-order valence-electron chi connectivity index (χ0n) is 15.5. The highest BCUT2D eigenvalue weighted by Gasteiger charge is 2.17. The fraction of sp³-hybridized carbons (Fsp3) is 0.350. The van der Waals surface area contributed by atoms with Crippen LogP contribution in [-0.4, -0.2) is 50.5 Å². The van der Waals surface area contributed by atoms with Gasteiger partial charge in [0.1, 0.15) is 5.69 Å². The number of amides is 1. The van der Waals surface area contributed by atoms with Crippen LogP contribution in [-0.2, 0) is 19.5 Å². The molecule has 1 aliphatic heterocycles. The maximum absolute atomic E-state index is 12.4. The summed E-state index contributed by atoms with van der Waals surface area (Å²) >= 11 is 0. The SMILES string of the molecule is CN1CCCn2nc(C(=O)NCCc3cnn(-c4ccccc4)c3)cc2C1. The van der Waals surface area contributed by atoms with E-state index in [9.17, 15) is 4.79 Å². The molecule has 0 bridgehead atoms. The normalized spacial score (nSPS) is 14.6. The lowest BCUT2D eigenvalue weighted by molar-refractivity contribution is 0.0948. The molecule has 0 aliphatic carbocycles. The van der Waals surface area contributed by atoms with E-state index < -0.39 is 0 Å². The molecule has 140 valence electrons. The molecule has 0 saturated heterocycles. The number of fused-ring (bicyclic) bond motifs is 1. The highest BCUT2D eigenvalue weighted by atomic mass is 16.1. The third kappa shape index (κ3) is 4.09. The summed E-state index contributed by atoms with van der Waals surface area (Å²) in [5.74, 6) is -0.117. The van der Waals surface area contributed by atoms with Crippen molar-refractivity contribution < 1.29 is 4.79 Å². The van der Waals surface area contributed by atoms with Crippen molar-refractivity contribution in [2.75, 3.05) is 20.1 Å². The highest BCUT2D eigenvalue weighted by Crippen LogP contribution is 2.12. The average Bonchev–Trinajstić information content (AvgIpc) is 3.26. The summed E-state index contributed by atoms with van der Waals surface area (Å²) in [4.78, 5) is 14.7. The van der Waals surface area contributed by atoms with Crippen LogP contribution in [0.3, 0.4) is 0 Å². The van der Waals surface area contributed by atoms with Gasteiger partial charge in [0.05, 0.1) is 17.6 Å². The summed E-state index contributed by atoms with van der Waals surface area (Å²) in [6.45, 7) is 3.31. The molecule has 0 radical (unpaired) electrons. The monoisotopic (exact) mass is 364 g/mol. The molecule has 0 spiro atoms. The second-order valence-electron chi connectivity index (χ2n) is 6.97. The number of aromatic nitrogens is 4. The number of nitrogens with one attached hydrogen (secondary N) is 1. The van der Waals surface area contributed by atoms with Crippen molar-refractivity contribution in [3.8, 4) is 5.69 Å². The molecule has 2 aromatic heterocycles. The summed E-state index contributed by atoms with van der Waals surface area (Å²) in [5, 5.41) is 11.8. The number of benzene rings is 1. The summed E-state index contributed by atoms with van der Waals surface area (Å²) in [6, 6.07) is 11.9. The fourth-order valence-corrected chi connectivity index (χ4v) is 3.36. The largest absolute Gasteiger partial charge is 0.350 e. The molecule has 3 aromatic rings. The Morgan fingerprint density at radius 3 is 2.93 bits per heavy atom. The Kier molecular flexibility index (Phi) is 5.02. The Balaban J connectivity index is 1.33. The number of para-hydroxylation sites is 1. The number of carbonyl (C=O) groups is 1. The number of aryl methyl sites for hydroxylation is 1. The number of rotatable bonds is 5. The van der Waals surface area contributed by atoms with Crippen LogP contribution in [0.4, 0.5) is 0 Å². The second-order valence-corrected chi connectivity index (χ2v) is 6.97. The Labute approximate surface area is 158 Å². The van der Waals surface area contributed by atoms with Crippen LogP contribution < -0.4 is 5.32 Å². The van der Waals surface area contributed by atoms with Crippen LogP contribution in [0.2, 0.25) is 0 Å². The first-order valence-electron chi connectivity index (χ1n) is 9.31. The minimum absolute atomic E-state index is 0.117. The molecule has 1 aromatic carbocycles. The molecule has 1 amide bonds. The third-order valence-electron chi connectivity index (χ3n) is 4.79. The van der Waals surface area contributed by atoms with Crippen LogP contribution in [0.1, 0.15) is 28.2 Å². The summed E-state index contributed by atoms with van der Waals surface area (Å²) in [6.07, 6.45) is 5.62. The molecule has 7 nitrogen and oxygen atoms in total. The van der Waals surface area contributed by atoms with Gasteiger partial charge in [0.2, 0.25) is 0 Å². The van der Waals surface area contributed by atoms with E-state index in [4.69, 9.17) is 0 Å². The third-order valence-corrected chi connectivity index (χ3v) is 4.79. The van der Waals surface area contributed by atoms with Crippen molar-refractivity contribution in [3.63, 3.8) is 0 Å². The average molecular weight is 364 g/mol. The van der Waals surface area contributed by atoms with E-state index in [1.165, 1.54) is 0 Å². The van der Waals surface area contributed by atoms with E-state index in [2.05, 4.69) is 27.5 Å². The van der Waals surface area contributed by atoms with Crippen LogP contribution >= 0.6 is 0 Å². The Bertz CT molecular complexity index is 914. The molecule has 0 saturated carbocycles. The highest BCUT2D eigenvalue weighted by molar-refractivity contribution is 5.92. The summed E-state index contributed by atoms with van der Waals surface area (Å²) < 4.78 is 3.81. The summed E-state index contributed by atoms with van der Waals surface area (Å²) in [7, 11) is 2.10. The maximum Gasteiger partial charge on any atom is 0.271 e. The van der Waals surface area contributed by atoms with Gasteiger partial charge < -0.3 is 10.2 Å². The smallest absolute Gasteiger partial charge is 0.271 e. The molecule has 0 atom stereocenters. The fourth-order valence-electron chi connectivity index (χ4n) is 3.36. The van der Waals surface area contributed by atoms with Gasteiger partial charge in [-0.1, -0.05) is 18.2 Å². The van der Waals surface area contributed by atoms with Crippen LogP contribution in [0.5, 0.6) is 0 Å². The minimum atomic E-state index is -0.117. The molecule has 1 aliphatic rings. The Hall–Kier alpha value is -2.93. The van der Waals surface area contributed by atoms with Gasteiger partial charge >= 0.3 is 0 Å². The van der Waals surface area contributed by atoms with Crippen molar-refractivity contribution >= 4 is 5.91 Å². The van der Waals surface area contributed by atoms with E-state index in [0.717, 1.165) is 49.4 Å². The number of hydrogen-bond acceptors (Lipinski definition) is 4.